The van der Waals surface area contributed by atoms with Crippen LogP contribution in [0.25, 0.3) is 33.1 Å². The molecule has 0 aliphatic rings. The third kappa shape index (κ3) is 2.85. The number of fused-ring (bicyclic) bond motifs is 2. The average molecular weight is 366 g/mol. The lowest BCUT2D eigenvalue weighted by molar-refractivity contribution is 0.946. The Morgan fingerprint density at radius 1 is 0.821 bits per heavy atom. The first kappa shape index (κ1) is 16.4. The van der Waals surface area contributed by atoms with Gasteiger partial charge in [-0.1, -0.05) is 61.5 Å². The molecule has 0 bridgehead atoms. The largest absolute Gasteiger partial charge is 0.307 e. The Morgan fingerprint density at radius 3 is 2.46 bits per heavy atom. The van der Waals surface area contributed by atoms with E-state index in [0.717, 1.165) is 39.5 Å². The molecule has 2 aromatic heterocycles. The number of para-hydroxylation sites is 1. The summed E-state index contributed by atoms with van der Waals surface area (Å²) in [7, 11) is 0. The van der Waals surface area contributed by atoms with E-state index in [0.29, 0.717) is 17.6 Å². The zero-order valence-electron chi connectivity index (χ0n) is 15.3. The Kier molecular flexibility index (Phi) is 3.94. The van der Waals surface area contributed by atoms with Crippen LogP contribution in [0.1, 0.15) is 12.7 Å². The van der Waals surface area contributed by atoms with Gasteiger partial charge in [-0.3, -0.25) is 5.10 Å². The van der Waals surface area contributed by atoms with E-state index in [1.807, 2.05) is 49.4 Å². The maximum Gasteiger partial charge on any atom is 0.247 e. The molecule has 0 aliphatic heterocycles. The zero-order valence-corrected chi connectivity index (χ0v) is 15.3. The molecule has 3 aromatic carbocycles. The summed E-state index contributed by atoms with van der Waals surface area (Å²) in [6, 6.07) is 22.4. The molecule has 0 radical (unpaired) electrons. The first-order chi connectivity index (χ1) is 13.8. The molecular formula is C22H18N6. The lowest BCUT2D eigenvalue weighted by atomic mass is 10.0. The minimum Gasteiger partial charge on any atom is -0.307 e. The van der Waals surface area contributed by atoms with Crippen LogP contribution in [0.4, 0.5) is 11.8 Å². The zero-order chi connectivity index (χ0) is 18.9. The molecule has 6 heteroatoms. The molecule has 0 unspecified atom stereocenters. The second-order valence-electron chi connectivity index (χ2n) is 6.52. The molecule has 28 heavy (non-hydrogen) atoms. The van der Waals surface area contributed by atoms with E-state index < -0.39 is 0 Å². The van der Waals surface area contributed by atoms with E-state index in [4.69, 9.17) is 9.97 Å². The van der Waals surface area contributed by atoms with E-state index in [2.05, 4.69) is 44.8 Å². The van der Waals surface area contributed by atoms with E-state index in [1.54, 1.807) is 0 Å². The molecule has 136 valence electrons. The van der Waals surface area contributed by atoms with Crippen LogP contribution in [0.2, 0.25) is 0 Å². The van der Waals surface area contributed by atoms with E-state index in [1.165, 1.54) is 0 Å². The third-order valence-electron chi connectivity index (χ3n) is 4.73. The molecule has 0 aliphatic carbocycles. The molecule has 5 rings (SSSR count). The van der Waals surface area contributed by atoms with Gasteiger partial charge in [0.05, 0.1) is 5.52 Å². The Bertz CT molecular complexity index is 1290. The van der Waals surface area contributed by atoms with Crippen molar-refractivity contribution in [1.29, 1.82) is 0 Å². The third-order valence-corrected chi connectivity index (χ3v) is 4.73. The molecule has 2 heterocycles. The van der Waals surface area contributed by atoms with Gasteiger partial charge in [0.2, 0.25) is 5.95 Å². The van der Waals surface area contributed by atoms with Crippen molar-refractivity contribution in [1.82, 2.24) is 25.1 Å². The van der Waals surface area contributed by atoms with Crippen molar-refractivity contribution in [2.45, 2.75) is 13.3 Å². The van der Waals surface area contributed by atoms with Crippen molar-refractivity contribution in [3.05, 3.63) is 72.6 Å². The fourth-order valence-electron chi connectivity index (χ4n) is 3.33. The summed E-state index contributed by atoms with van der Waals surface area (Å²) in [4.78, 5) is 14.1. The Labute approximate surface area is 161 Å². The highest BCUT2D eigenvalue weighted by Gasteiger charge is 2.13. The number of hydrogen-bond acceptors (Lipinski definition) is 5. The molecule has 0 amide bonds. The number of hydrogen-bond donors (Lipinski definition) is 2. The average Bonchev–Trinajstić information content (AvgIpc) is 3.21. The van der Waals surface area contributed by atoms with Gasteiger partial charge in [0.25, 0.3) is 0 Å². The van der Waals surface area contributed by atoms with Crippen LogP contribution in [0.5, 0.6) is 0 Å². The standard InChI is InChI=1S/C22H18N6/c1-2-19-24-22(28-27-19)26-21-17-11-5-6-13-18(17)23-20(25-21)16-12-7-9-14-8-3-4-10-15(14)16/h3-13H,2H2,1H3,(H2,23,24,25,26,27,28). The SMILES string of the molecule is CCc1nc(Nc2nc(-c3cccc4ccccc34)nc3ccccc23)n[nH]1. The first-order valence-electron chi connectivity index (χ1n) is 9.25. The van der Waals surface area contributed by atoms with Gasteiger partial charge < -0.3 is 5.32 Å². The van der Waals surface area contributed by atoms with Crippen molar-refractivity contribution >= 4 is 33.4 Å². The molecule has 0 spiro atoms. The van der Waals surface area contributed by atoms with Crippen LogP contribution >= 0.6 is 0 Å². The molecule has 0 saturated carbocycles. The Morgan fingerprint density at radius 2 is 1.61 bits per heavy atom. The molecule has 6 nitrogen and oxygen atoms in total. The Balaban J connectivity index is 1.70. The summed E-state index contributed by atoms with van der Waals surface area (Å²) in [5.74, 6) is 2.69. The van der Waals surface area contributed by atoms with Gasteiger partial charge in [-0.15, -0.1) is 5.10 Å². The van der Waals surface area contributed by atoms with Crippen molar-refractivity contribution in [2.75, 3.05) is 5.32 Å². The van der Waals surface area contributed by atoms with Crippen molar-refractivity contribution in [3.8, 4) is 11.4 Å². The van der Waals surface area contributed by atoms with Crippen LogP contribution in [0.15, 0.2) is 66.7 Å². The van der Waals surface area contributed by atoms with Crippen molar-refractivity contribution in [3.63, 3.8) is 0 Å². The summed E-state index contributed by atoms with van der Waals surface area (Å²) in [6.45, 7) is 2.03. The number of H-pyrrole nitrogens is 1. The van der Waals surface area contributed by atoms with E-state index in [-0.39, 0.29) is 0 Å². The van der Waals surface area contributed by atoms with Crippen LogP contribution in [-0.4, -0.2) is 25.1 Å². The number of aromatic nitrogens is 5. The van der Waals surface area contributed by atoms with Gasteiger partial charge in [0, 0.05) is 17.4 Å². The highest BCUT2D eigenvalue weighted by Crippen LogP contribution is 2.30. The normalized spacial score (nSPS) is 11.2. The van der Waals surface area contributed by atoms with Gasteiger partial charge in [0.1, 0.15) is 11.6 Å². The lowest BCUT2D eigenvalue weighted by Crippen LogP contribution is -2.01. The highest BCUT2D eigenvalue weighted by atomic mass is 15.3. The van der Waals surface area contributed by atoms with Crippen LogP contribution < -0.4 is 5.32 Å². The monoisotopic (exact) mass is 366 g/mol. The van der Waals surface area contributed by atoms with Gasteiger partial charge in [-0.2, -0.15) is 4.98 Å². The summed E-state index contributed by atoms with van der Waals surface area (Å²) < 4.78 is 0. The Hall–Kier alpha value is -3.80. The highest BCUT2D eigenvalue weighted by molar-refractivity contribution is 5.97. The molecule has 2 N–H and O–H groups in total. The van der Waals surface area contributed by atoms with Gasteiger partial charge in [-0.25, -0.2) is 9.97 Å². The topological polar surface area (TPSA) is 79.4 Å². The van der Waals surface area contributed by atoms with Crippen molar-refractivity contribution in [2.24, 2.45) is 0 Å². The summed E-state index contributed by atoms with van der Waals surface area (Å²) in [5.41, 5.74) is 1.87. The number of anilines is 2. The summed E-state index contributed by atoms with van der Waals surface area (Å²) in [6.07, 6.45) is 0.792. The van der Waals surface area contributed by atoms with Gasteiger partial charge >= 0.3 is 0 Å². The van der Waals surface area contributed by atoms with Gasteiger partial charge in [-0.05, 0) is 22.9 Å². The lowest BCUT2D eigenvalue weighted by Gasteiger charge is -2.10. The van der Waals surface area contributed by atoms with Crippen LogP contribution in [-0.2, 0) is 6.42 Å². The predicted octanol–water partition coefficient (Wildman–Crippen LogP) is 4.87. The van der Waals surface area contributed by atoms with Gasteiger partial charge in [0.15, 0.2) is 5.82 Å². The molecule has 0 atom stereocenters. The number of nitrogens with zero attached hydrogens (tertiary/aromatic N) is 4. The number of rotatable bonds is 4. The smallest absolute Gasteiger partial charge is 0.247 e. The van der Waals surface area contributed by atoms with Crippen LogP contribution in [0.3, 0.4) is 0 Å². The predicted molar refractivity (Wildman–Crippen MR) is 112 cm³/mol. The number of aromatic amines is 1. The summed E-state index contributed by atoms with van der Waals surface area (Å²) in [5, 5.41) is 13.6. The quantitative estimate of drug-likeness (QED) is 0.474. The molecule has 0 saturated heterocycles. The summed E-state index contributed by atoms with van der Waals surface area (Å²) >= 11 is 0. The van der Waals surface area contributed by atoms with Crippen LogP contribution in [0, 0.1) is 0 Å². The molecular weight excluding hydrogens is 348 g/mol. The molecule has 0 fully saturated rings. The number of benzene rings is 3. The minimum atomic E-state index is 0.504. The van der Waals surface area contributed by atoms with Crippen molar-refractivity contribution < 1.29 is 0 Å². The van der Waals surface area contributed by atoms with E-state index in [9.17, 15) is 0 Å². The minimum absolute atomic E-state index is 0.504. The second kappa shape index (κ2) is 6.74. The first-order valence-corrected chi connectivity index (χ1v) is 9.25. The fraction of sp³-hybridized carbons (Fsp3) is 0.0909. The second-order valence-corrected chi connectivity index (χ2v) is 6.52. The number of aryl methyl sites for hydroxylation is 1. The maximum atomic E-state index is 4.84. The fourth-order valence-corrected chi connectivity index (χ4v) is 3.33. The maximum absolute atomic E-state index is 4.84. The molecule has 5 aromatic rings. The number of nitrogens with one attached hydrogen (secondary N) is 2. The van der Waals surface area contributed by atoms with E-state index >= 15 is 0 Å².